The summed E-state index contributed by atoms with van der Waals surface area (Å²) in [6.45, 7) is 0.294. The summed E-state index contributed by atoms with van der Waals surface area (Å²) >= 11 is 0. The van der Waals surface area contributed by atoms with Crippen LogP contribution < -0.4 is 9.47 Å². The zero-order valence-electron chi connectivity index (χ0n) is 11.0. The molecular formula is C16H12FNO3. The molecule has 0 bridgehead atoms. The fraction of sp³-hybridized carbons (Fsp3) is 0.188. The molecule has 0 spiro atoms. The second-order valence-corrected chi connectivity index (χ2v) is 4.73. The van der Waals surface area contributed by atoms with Crippen molar-refractivity contribution in [3.63, 3.8) is 0 Å². The monoisotopic (exact) mass is 285 g/mol. The van der Waals surface area contributed by atoms with Gasteiger partial charge in [0.05, 0.1) is 11.6 Å². The fourth-order valence-electron chi connectivity index (χ4n) is 2.16. The number of rotatable bonds is 3. The van der Waals surface area contributed by atoms with Gasteiger partial charge in [0.2, 0.25) is 0 Å². The molecule has 2 aromatic rings. The van der Waals surface area contributed by atoms with E-state index in [0.717, 1.165) is 5.56 Å². The summed E-state index contributed by atoms with van der Waals surface area (Å²) in [5.74, 6) is 0.647. The predicted molar refractivity (Wildman–Crippen MR) is 72.3 cm³/mol. The van der Waals surface area contributed by atoms with Crippen LogP contribution >= 0.6 is 0 Å². The Morgan fingerprint density at radius 3 is 2.95 bits per heavy atom. The molecule has 4 nitrogen and oxygen atoms in total. The van der Waals surface area contributed by atoms with Gasteiger partial charge >= 0.3 is 0 Å². The maximum Gasteiger partial charge on any atom is 0.131 e. The van der Waals surface area contributed by atoms with E-state index in [4.69, 9.17) is 14.7 Å². The number of benzene rings is 2. The van der Waals surface area contributed by atoms with Crippen molar-refractivity contribution in [1.29, 1.82) is 5.26 Å². The first-order valence-corrected chi connectivity index (χ1v) is 6.43. The molecule has 21 heavy (non-hydrogen) atoms. The molecule has 0 aromatic heterocycles. The Hall–Kier alpha value is -2.58. The van der Waals surface area contributed by atoms with E-state index in [1.165, 1.54) is 12.1 Å². The van der Waals surface area contributed by atoms with Crippen LogP contribution in [0.5, 0.6) is 11.5 Å². The molecule has 0 aliphatic carbocycles. The van der Waals surface area contributed by atoms with Gasteiger partial charge in [-0.05, 0) is 24.3 Å². The standard InChI is InChI=1S/C16H12FNO3/c17-14-5-10(7-18)1-2-11(14)8-20-12-3-4-13-15(19)9-21-16(13)6-12/h1-6,15,19H,8-9H2. The lowest BCUT2D eigenvalue weighted by Gasteiger charge is -2.09. The van der Waals surface area contributed by atoms with Gasteiger partial charge in [-0.2, -0.15) is 5.26 Å². The van der Waals surface area contributed by atoms with Crippen LogP contribution in [0.2, 0.25) is 0 Å². The maximum atomic E-state index is 13.7. The zero-order valence-corrected chi connectivity index (χ0v) is 11.0. The minimum Gasteiger partial charge on any atom is -0.490 e. The Morgan fingerprint density at radius 1 is 1.33 bits per heavy atom. The van der Waals surface area contributed by atoms with Gasteiger partial charge < -0.3 is 14.6 Å². The molecule has 3 rings (SSSR count). The summed E-state index contributed by atoms with van der Waals surface area (Å²) in [4.78, 5) is 0. The van der Waals surface area contributed by atoms with Gasteiger partial charge in [0, 0.05) is 17.2 Å². The first-order valence-electron chi connectivity index (χ1n) is 6.43. The lowest BCUT2D eigenvalue weighted by Crippen LogP contribution is -1.99. The summed E-state index contributed by atoms with van der Waals surface area (Å²) in [7, 11) is 0. The quantitative estimate of drug-likeness (QED) is 0.941. The Bertz CT molecular complexity index is 724. The number of fused-ring (bicyclic) bond motifs is 1. The number of hydrogen-bond donors (Lipinski definition) is 1. The molecule has 1 heterocycles. The average Bonchev–Trinajstić information content (AvgIpc) is 2.87. The molecule has 1 atom stereocenters. The summed E-state index contributed by atoms with van der Waals surface area (Å²) in [5.41, 5.74) is 1.37. The third-order valence-electron chi connectivity index (χ3n) is 3.32. The molecule has 0 saturated carbocycles. The lowest BCUT2D eigenvalue weighted by molar-refractivity contribution is 0.140. The summed E-state index contributed by atoms with van der Waals surface area (Å²) < 4.78 is 24.6. The Labute approximate surface area is 121 Å². The molecule has 106 valence electrons. The summed E-state index contributed by atoms with van der Waals surface area (Å²) in [6.07, 6.45) is -0.606. The van der Waals surface area contributed by atoms with E-state index >= 15 is 0 Å². The van der Waals surface area contributed by atoms with Crippen LogP contribution in [0, 0.1) is 17.1 Å². The van der Waals surface area contributed by atoms with Crippen molar-refractivity contribution < 1.29 is 19.0 Å². The highest BCUT2D eigenvalue weighted by molar-refractivity contribution is 5.44. The van der Waals surface area contributed by atoms with Gasteiger partial charge in [-0.25, -0.2) is 4.39 Å². The van der Waals surface area contributed by atoms with Crippen molar-refractivity contribution in [3.8, 4) is 17.6 Å². The SMILES string of the molecule is N#Cc1ccc(COc2ccc3c(c2)OCC3O)c(F)c1. The van der Waals surface area contributed by atoms with Crippen LogP contribution in [0.25, 0.3) is 0 Å². The van der Waals surface area contributed by atoms with Gasteiger partial charge in [-0.15, -0.1) is 0 Å². The molecule has 1 unspecified atom stereocenters. The third-order valence-corrected chi connectivity index (χ3v) is 3.32. The van der Waals surface area contributed by atoms with Gasteiger partial charge in [-0.1, -0.05) is 6.07 Å². The van der Waals surface area contributed by atoms with Crippen molar-refractivity contribution in [1.82, 2.24) is 0 Å². The number of hydrogen-bond acceptors (Lipinski definition) is 4. The largest absolute Gasteiger partial charge is 0.490 e. The van der Waals surface area contributed by atoms with E-state index in [1.54, 1.807) is 24.3 Å². The molecular weight excluding hydrogens is 273 g/mol. The lowest BCUT2D eigenvalue weighted by atomic mass is 10.1. The fourth-order valence-corrected chi connectivity index (χ4v) is 2.16. The smallest absolute Gasteiger partial charge is 0.131 e. The van der Waals surface area contributed by atoms with E-state index in [2.05, 4.69) is 0 Å². The topological polar surface area (TPSA) is 62.5 Å². The van der Waals surface area contributed by atoms with E-state index in [0.29, 0.717) is 17.1 Å². The molecule has 0 radical (unpaired) electrons. The van der Waals surface area contributed by atoms with Crippen molar-refractivity contribution in [2.24, 2.45) is 0 Å². The number of nitriles is 1. The summed E-state index contributed by atoms with van der Waals surface area (Å²) in [6, 6.07) is 11.3. The number of aliphatic hydroxyl groups is 1. The molecule has 5 heteroatoms. The molecule has 1 aliphatic heterocycles. The average molecular weight is 285 g/mol. The van der Waals surface area contributed by atoms with E-state index in [1.807, 2.05) is 6.07 Å². The second kappa shape index (κ2) is 5.43. The van der Waals surface area contributed by atoms with E-state index in [-0.39, 0.29) is 18.8 Å². The Kier molecular flexibility index (Phi) is 3.46. The second-order valence-electron chi connectivity index (χ2n) is 4.73. The van der Waals surface area contributed by atoms with Crippen LogP contribution in [0.15, 0.2) is 36.4 Å². The van der Waals surface area contributed by atoms with Crippen LogP contribution in [0.3, 0.4) is 0 Å². The van der Waals surface area contributed by atoms with Crippen molar-refractivity contribution >= 4 is 0 Å². The molecule has 0 saturated heterocycles. The molecule has 1 aliphatic rings. The van der Waals surface area contributed by atoms with Crippen LogP contribution in [-0.4, -0.2) is 11.7 Å². The number of aliphatic hydroxyl groups excluding tert-OH is 1. The first kappa shape index (κ1) is 13.4. The Morgan fingerprint density at radius 2 is 2.19 bits per heavy atom. The van der Waals surface area contributed by atoms with E-state index < -0.39 is 11.9 Å². The van der Waals surface area contributed by atoms with Gasteiger partial charge in [-0.3, -0.25) is 0 Å². The number of ether oxygens (including phenoxy) is 2. The molecule has 1 N–H and O–H groups in total. The van der Waals surface area contributed by atoms with Gasteiger partial charge in [0.1, 0.15) is 36.6 Å². The predicted octanol–water partition coefficient (Wildman–Crippen LogP) is 2.70. The summed E-state index contributed by atoms with van der Waals surface area (Å²) in [5, 5.41) is 18.3. The minimum atomic E-state index is -0.606. The van der Waals surface area contributed by atoms with Crippen LogP contribution in [-0.2, 0) is 6.61 Å². The van der Waals surface area contributed by atoms with Crippen LogP contribution in [0.1, 0.15) is 22.8 Å². The molecule has 2 aromatic carbocycles. The first-order chi connectivity index (χ1) is 10.2. The van der Waals surface area contributed by atoms with Crippen molar-refractivity contribution in [2.45, 2.75) is 12.7 Å². The zero-order chi connectivity index (χ0) is 14.8. The van der Waals surface area contributed by atoms with Crippen molar-refractivity contribution in [3.05, 3.63) is 58.9 Å². The van der Waals surface area contributed by atoms with Gasteiger partial charge in [0.25, 0.3) is 0 Å². The highest BCUT2D eigenvalue weighted by Gasteiger charge is 2.22. The molecule has 0 fully saturated rings. The number of nitrogens with zero attached hydrogens (tertiary/aromatic N) is 1. The normalized spacial score (nSPS) is 16.0. The highest BCUT2D eigenvalue weighted by Crippen LogP contribution is 2.35. The Balaban J connectivity index is 1.72. The maximum absolute atomic E-state index is 13.7. The number of halogens is 1. The highest BCUT2D eigenvalue weighted by atomic mass is 19.1. The van der Waals surface area contributed by atoms with Gasteiger partial charge in [0.15, 0.2) is 0 Å². The van der Waals surface area contributed by atoms with Crippen molar-refractivity contribution in [2.75, 3.05) is 6.61 Å². The van der Waals surface area contributed by atoms with E-state index in [9.17, 15) is 9.50 Å². The third kappa shape index (κ3) is 2.67. The van der Waals surface area contributed by atoms with Crippen LogP contribution in [0.4, 0.5) is 4.39 Å². The molecule has 0 amide bonds. The minimum absolute atomic E-state index is 0.0544.